The molecule has 2 aromatic heterocycles. The second-order valence-corrected chi connectivity index (χ2v) is 22.5. The average molecular weight is 1090 g/mol. The molecule has 0 atom stereocenters. The van der Waals surface area contributed by atoms with Crippen molar-refractivity contribution in [2.75, 3.05) is 0 Å². The number of furan rings is 2. The molecule has 2 heteroatoms. The Balaban J connectivity index is 0.000000134. The van der Waals surface area contributed by atoms with Gasteiger partial charge in [-0.25, -0.2) is 0 Å². The molecule has 0 spiro atoms. The summed E-state index contributed by atoms with van der Waals surface area (Å²) in [6.07, 6.45) is 0. The van der Waals surface area contributed by atoms with Gasteiger partial charge in [0.05, 0.1) is 0 Å². The normalized spacial score (nSPS) is 11.7. The fourth-order valence-electron chi connectivity index (χ4n) is 13.8. The molecule has 0 amide bonds. The van der Waals surface area contributed by atoms with Crippen molar-refractivity contribution in [1.82, 2.24) is 0 Å². The molecule has 16 aromatic carbocycles. The van der Waals surface area contributed by atoms with Gasteiger partial charge in [0.1, 0.15) is 22.3 Å². The zero-order chi connectivity index (χ0) is 56.7. The van der Waals surface area contributed by atoms with Gasteiger partial charge in [0, 0.05) is 43.8 Å². The van der Waals surface area contributed by atoms with Crippen LogP contribution in [0.15, 0.2) is 324 Å². The summed E-state index contributed by atoms with van der Waals surface area (Å²) in [5.74, 6) is 0. The summed E-state index contributed by atoms with van der Waals surface area (Å²) in [6, 6.07) is 114. The van der Waals surface area contributed by atoms with E-state index in [0.29, 0.717) is 0 Å². The van der Waals surface area contributed by atoms with E-state index < -0.39 is 0 Å². The maximum atomic E-state index is 6.55. The van der Waals surface area contributed by atoms with Crippen molar-refractivity contribution < 1.29 is 8.83 Å². The van der Waals surface area contributed by atoms with Crippen LogP contribution in [0.4, 0.5) is 0 Å². The lowest BCUT2D eigenvalue weighted by Crippen LogP contribution is -1.91. The first-order valence-electron chi connectivity index (χ1n) is 29.5. The maximum Gasteiger partial charge on any atom is 0.143 e. The standard InChI is InChI=1S/2C42H26O/c1-2-12-28-25-30(24-23-27(28)11-1)29-13-9-14-31(26-29)40-33-16-3-5-18-35(33)41(36-19-6-4-17-34(36)40)38-21-10-20-37-32-15-7-8-22-39(32)43-42(37)38;1-2-11-30-26-31(25-22-27(30)10-1)28-20-23-29(24-21-28)40-33-13-3-5-15-35(33)41(36-16-6-4-14-34(36)40)38-18-9-17-37-32-12-7-8-19-39(32)43-42(37)38/h2*1-26H. The molecule has 0 unspecified atom stereocenters. The molecule has 0 fully saturated rings. The largest absolute Gasteiger partial charge is 0.455 e. The van der Waals surface area contributed by atoms with Gasteiger partial charge in [0.15, 0.2) is 0 Å². The highest BCUT2D eigenvalue weighted by Crippen LogP contribution is 2.49. The van der Waals surface area contributed by atoms with Crippen molar-refractivity contribution in [2.24, 2.45) is 0 Å². The minimum absolute atomic E-state index is 0.917. The highest BCUT2D eigenvalue weighted by Gasteiger charge is 2.23. The van der Waals surface area contributed by atoms with Gasteiger partial charge in [-0.05, 0) is 139 Å². The van der Waals surface area contributed by atoms with Crippen LogP contribution in [0.5, 0.6) is 0 Å². The molecule has 86 heavy (non-hydrogen) atoms. The van der Waals surface area contributed by atoms with E-state index >= 15 is 0 Å². The highest BCUT2D eigenvalue weighted by molar-refractivity contribution is 6.26. The quantitative estimate of drug-likeness (QED) is 0.155. The molecule has 2 nitrogen and oxygen atoms in total. The molecule has 0 saturated carbocycles. The van der Waals surface area contributed by atoms with Crippen LogP contribution in [0, 0.1) is 0 Å². The maximum absolute atomic E-state index is 6.55. The number of para-hydroxylation sites is 4. The Morgan fingerprint density at radius 2 is 0.465 bits per heavy atom. The zero-order valence-electron chi connectivity index (χ0n) is 46.8. The first-order valence-corrected chi connectivity index (χ1v) is 29.5. The number of benzene rings is 16. The summed E-state index contributed by atoms with van der Waals surface area (Å²) in [6.45, 7) is 0. The molecule has 0 radical (unpaired) electrons. The smallest absolute Gasteiger partial charge is 0.143 e. The summed E-state index contributed by atoms with van der Waals surface area (Å²) < 4.78 is 13.1. The van der Waals surface area contributed by atoms with Gasteiger partial charge < -0.3 is 8.83 Å². The lowest BCUT2D eigenvalue weighted by atomic mass is 9.85. The van der Waals surface area contributed by atoms with E-state index in [4.69, 9.17) is 8.83 Å². The summed E-state index contributed by atoms with van der Waals surface area (Å²) in [5.41, 5.74) is 18.2. The summed E-state index contributed by atoms with van der Waals surface area (Å²) >= 11 is 0. The van der Waals surface area contributed by atoms with Gasteiger partial charge in [0.2, 0.25) is 0 Å². The van der Waals surface area contributed by atoms with E-state index in [1.165, 1.54) is 120 Å². The van der Waals surface area contributed by atoms with Crippen LogP contribution in [-0.4, -0.2) is 0 Å². The zero-order valence-corrected chi connectivity index (χ0v) is 46.8. The van der Waals surface area contributed by atoms with Gasteiger partial charge in [-0.1, -0.05) is 285 Å². The van der Waals surface area contributed by atoms with Crippen LogP contribution in [-0.2, 0) is 0 Å². The molecule has 18 rings (SSSR count). The molecule has 0 saturated heterocycles. The van der Waals surface area contributed by atoms with E-state index in [1.807, 2.05) is 12.1 Å². The SMILES string of the molecule is c1cc(-c2ccc3ccccc3c2)cc(-c2c3ccccc3c(-c3cccc4c3oc3ccccc34)c3ccccc23)c1.c1ccc2cc(-c3ccc(-c4c5ccccc5c(-c5cccc6c5oc5ccccc56)c5ccccc45)cc3)ccc2c1. The Morgan fingerprint density at radius 1 is 0.163 bits per heavy atom. The molecule has 18 aromatic rings. The monoisotopic (exact) mass is 1090 g/mol. The van der Waals surface area contributed by atoms with Crippen molar-refractivity contribution in [3.63, 3.8) is 0 Å². The number of rotatable bonds is 6. The molecule has 0 N–H and O–H groups in total. The Kier molecular flexibility index (Phi) is 11.6. The second-order valence-electron chi connectivity index (χ2n) is 22.5. The van der Waals surface area contributed by atoms with Gasteiger partial charge in [-0.15, -0.1) is 0 Å². The van der Waals surface area contributed by atoms with Crippen LogP contribution in [0.1, 0.15) is 0 Å². The third kappa shape index (κ3) is 8.10. The highest BCUT2D eigenvalue weighted by atomic mass is 16.3. The predicted octanol–water partition coefficient (Wildman–Crippen LogP) is 24.1. The predicted molar refractivity (Wildman–Crippen MR) is 365 cm³/mol. The fraction of sp³-hybridized carbons (Fsp3) is 0. The van der Waals surface area contributed by atoms with E-state index in [1.54, 1.807) is 0 Å². The van der Waals surface area contributed by atoms with Crippen LogP contribution in [0.25, 0.3) is 175 Å². The number of hydrogen-bond acceptors (Lipinski definition) is 2. The Morgan fingerprint density at radius 3 is 0.919 bits per heavy atom. The number of hydrogen-bond donors (Lipinski definition) is 0. The van der Waals surface area contributed by atoms with E-state index in [9.17, 15) is 0 Å². The van der Waals surface area contributed by atoms with E-state index in [0.717, 1.165) is 55.0 Å². The summed E-state index contributed by atoms with van der Waals surface area (Å²) in [5, 5.41) is 19.5. The molecular weight excluding hydrogens is 1040 g/mol. The van der Waals surface area contributed by atoms with Crippen molar-refractivity contribution in [3.8, 4) is 66.8 Å². The van der Waals surface area contributed by atoms with Crippen molar-refractivity contribution in [2.45, 2.75) is 0 Å². The van der Waals surface area contributed by atoms with Crippen LogP contribution < -0.4 is 0 Å². The lowest BCUT2D eigenvalue weighted by molar-refractivity contribution is 0.669. The minimum atomic E-state index is 0.917. The molecule has 400 valence electrons. The van der Waals surface area contributed by atoms with Gasteiger partial charge in [0.25, 0.3) is 0 Å². The van der Waals surface area contributed by atoms with Crippen LogP contribution in [0.2, 0.25) is 0 Å². The van der Waals surface area contributed by atoms with Gasteiger partial charge >= 0.3 is 0 Å². The van der Waals surface area contributed by atoms with Crippen molar-refractivity contribution >= 4 is 109 Å². The molecule has 2 heterocycles. The molecule has 0 aliphatic carbocycles. The van der Waals surface area contributed by atoms with Crippen LogP contribution in [0.3, 0.4) is 0 Å². The Bertz CT molecular complexity index is 5610. The summed E-state index contributed by atoms with van der Waals surface area (Å²) in [4.78, 5) is 0. The molecule has 0 bridgehead atoms. The Labute approximate surface area is 496 Å². The topological polar surface area (TPSA) is 26.3 Å². The first kappa shape index (κ1) is 49.3. The van der Waals surface area contributed by atoms with Gasteiger partial charge in [-0.3, -0.25) is 0 Å². The third-order valence-corrected chi connectivity index (χ3v) is 17.7. The lowest BCUT2D eigenvalue weighted by Gasteiger charge is -2.18. The first-order chi connectivity index (χ1) is 42.7. The number of fused-ring (bicyclic) bond motifs is 12. The van der Waals surface area contributed by atoms with E-state index in [-0.39, 0.29) is 0 Å². The molecular formula is C84H52O2. The van der Waals surface area contributed by atoms with E-state index in [2.05, 4.69) is 303 Å². The van der Waals surface area contributed by atoms with Crippen molar-refractivity contribution in [1.29, 1.82) is 0 Å². The molecule has 0 aliphatic rings. The minimum Gasteiger partial charge on any atom is -0.455 e. The van der Waals surface area contributed by atoms with Crippen LogP contribution >= 0.6 is 0 Å². The average Bonchev–Trinajstić information content (AvgIpc) is 1.43. The van der Waals surface area contributed by atoms with Gasteiger partial charge in [-0.2, -0.15) is 0 Å². The fourth-order valence-corrected chi connectivity index (χ4v) is 13.8. The summed E-state index contributed by atoms with van der Waals surface area (Å²) in [7, 11) is 0. The second kappa shape index (κ2) is 20.2. The third-order valence-electron chi connectivity index (χ3n) is 17.7. The Hall–Kier alpha value is -11.3. The molecule has 0 aliphatic heterocycles. The van der Waals surface area contributed by atoms with Crippen molar-refractivity contribution in [3.05, 3.63) is 315 Å².